The van der Waals surface area contributed by atoms with Crippen LogP contribution in [-0.2, 0) is 0 Å². The van der Waals surface area contributed by atoms with Crippen molar-refractivity contribution in [2.75, 3.05) is 0 Å². The minimum absolute atomic E-state index is 0.00463. The van der Waals surface area contributed by atoms with Crippen LogP contribution in [0.2, 0.25) is 0 Å². The molecule has 2 rings (SSSR count). The van der Waals surface area contributed by atoms with E-state index in [1.807, 2.05) is 0 Å². The molecule has 0 saturated heterocycles. The molecule has 0 radical (unpaired) electrons. The lowest BCUT2D eigenvalue weighted by molar-refractivity contribution is 0.401. The van der Waals surface area contributed by atoms with Gasteiger partial charge in [0.1, 0.15) is 10.2 Å². The van der Waals surface area contributed by atoms with E-state index in [1.165, 1.54) is 6.08 Å². The van der Waals surface area contributed by atoms with Gasteiger partial charge in [-0.05, 0) is 6.08 Å². The van der Waals surface area contributed by atoms with Gasteiger partial charge in [-0.15, -0.1) is 0 Å². The Hall–Kier alpha value is -1.80. The van der Waals surface area contributed by atoms with Crippen molar-refractivity contribution < 1.29 is 15.3 Å². The van der Waals surface area contributed by atoms with Gasteiger partial charge in [-0.3, -0.25) is 0 Å². The van der Waals surface area contributed by atoms with Crippen molar-refractivity contribution in [2.24, 2.45) is 0 Å². The first-order chi connectivity index (χ1) is 8.52. The van der Waals surface area contributed by atoms with E-state index >= 15 is 0 Å². The number of rotatable bonds is 1. The average Bonchev–Trinajstić information content (AvgIpc) is 2.36. The van der Waals surface area contributed by atoms with Crippen molar-refractivity contribution in [3.8, 4) is 17.2 Å². The van der Waals surface area contributed by atoms with Gasteiger partial charge in [-0.1, -0.05) is 53.2 Å². The third-order valence-electron chi connectivity index (χ3n) is 2.50. The summed E-state index contributed by atoms with van der Waals surface area (Å²) < 4.78 is -0.151. The second-order valence-electron chi connectivity index (χ2n) is 3.55. The molecule has 0 aliphatic rings. The van der Waals surface area contributed by atoms with E-state index in [9.17, 15) is 15.3 Å². The predicted octanol–water partition coefficient (Wildman–Crippen LogP) is 3.89. The fraction of sp³-hybridized carbons (Fsp3) is 0. The standard InChI is InChI=1S/C13H8Cl2O3/c14-10(15)6-5-9-11(16)7-3-1-2-4-8(7)12(17)13(9)18/h1-5,16-18H. The topological polar surface area (TPSA) is 60.7 Å². The summed E-state index contributed by atoms with van der Waals surface area (Å²) in [6.07, 6.45) is 1.20. The smallest absolute Gasteiger partial charge is 0.169 e. The molecular weight excluding hydrogens is 275 g/mol. The van der Waals surface area contributed by atoms with Crippen LogP contribution in [-0.4, -0.2) is 15.3 Å². The average molecular weight is 283 g/mol. The van der Waals surface area contributed by atoms with Gasteiger partial charge in [0, 0.05) is 10.8 Å². The Balaban J connectivity index is 2.87. The van der Waals surface area contributed by atoms with E-state index in [2.05, 4.69) is 5.73 Å². The minimum Gasteiger partial charge on any atom is -0.507 e. The number of aromatic hydroxyl groups is 3. The number of halogens is 2. The highest BCUT2D eigenvalue weighted by Crippen LogP contribution is 2.44. The summed E-state index contributed by atoms with van der Waals surface area (Å²) >= 11 is 10.8. The maximum absolute atomic E-state index is 10.0. The normalized spacial score (nSPS) is 10.1. The molecule has 0 aliphatic carbocycles. The van der Waals surface area contributed by atoms with E-state index in [0.29, 0.717) is 10.8 Å². The molecule has 5 heteroatoms. The summed E-state index contributed by atoms with van der Waals surface area (Å²) in [5.41, 5.74) is 2.43. The lowest BCUT2D eigenvalue weighted by atomic mass is 10.0. The monoisotopic (exact) mass is 282 g/mol. The molecule has 3 N–H and O–H groups in total. The third-order valence-corrected chi connectivity index (χ3v) is 2.72. The molecule has 0 bridgehead atoms. The van der Waals surface area contributed by atoms with Crippen LogP contribution >= 0.6 is 23.2 Å². The van der Waals surface area contributed by atoms with E-state index in [4.69, 9.17) is 23.2 Å². The molecule has 18 heavy (non-hydrogen) atoms. The molecule has 0 spiro atoms. The van der Waals surface area contributed by atoms with Gasteiger partial charge >= 0.3 is 0 Å². The van der Waals surface area contributed by atoms with Crippen molar-refractivity contribution in [1.82, 2.24) is 0 Å². The number of hydrogen-bond acceptors (Lipinski definition) is 3. The van der Waals surface area contributed by atoms with Gasteiger partial charge in [-0.25, -0.2) is 0 Å². The summed E-state index contributed by atoms with van der Waals surface area (Å²) in [5.74, 6) is -0.946. The van der Waals surface area contributed by atoms with Crippen molar-refractivity contribution in [3.05, 3.63) is 40.1 Å². The number of benzene rings is 2. The number of phenols is 3. The molecule has 0 atom stereocenters. The van der Waals surface area contributed by atoms with Crippen LogP contribution in [0.25, 0.3) is 16.8 Å². The van der Waals surface area contributed by atoms with E-state index in [-0.39, 0.29) is 21.6 Å². The van der Waals surface area contributed by atoms with Gasteiger partial charge in [0.05, 0.1) is 5.56 Å². The molecule has 0 fully saturated rings. The SMILES string of the molecule is Oc1c(C=C=C(Cl)Cl)c(O)c2ccccc2c1O. The first-order valence-corrected chi connectivity index (χ1v) is 5.71. The molecule has 2 aromatic rings. The maximum Gasteiger partial charge on any atom is 0.169 e. The Morgan fingerprint density at radius 1 is 0.944 bits per heavy atom. The highest BCUT2D eigenvalue weighted by molar-refractivity contribution is 6.55. The minimum atomic E-state index is -0.451. The molecule has 0 amide bonds. The van der Waals surface area contributed by atoms with Crippen molar-refractivity contribution >= 4 is 40.1 Å². The fourth-order valence-corrected chi connectivity index (χ4v) is 1.78. The molecule has 0 unspecified atom stereocenters. The van der Waals surface area contributed by atoms with Crippen LogP contribution < -0.4 is 0 Å². The second-order valence-corrected chi connectivity index (χ2v) is 4.50. The zero-order valence-electron chi connectivity index (χ0n) is 8.98. The largest absolute Gasteiger partial charge is 0.507 e. The molecule has 3 nitrogen and oxygen atoms in total. The van der Waals surface area contributed by atoms with Gasteiger partial charge in [0.25, 0.3) is 0 Å². The number of fused-ring (bicyclic) bond motifs is 1. The maximum atomic E-state index is 10.0. The van der Waals surface area contributed by atoms with Crippen LogP contribution in [0, 0.1) is 0 Å². The number of hydrogen-bond donors (Lipinski definition) is 3. The first kappa shape index (κ1) is 12.7. The summed E-state index contributed by atoms with van der Waals surface area (Å²) in [4.78, 5) is 0. The summed E-state index contributed by atoms with van der Waals surface area (Å²) in [6, 6.07) is 6.59. The summed E-state index contributed by atoms with van der Waals surface area (Å²) in [7, 11) is 0. The van der Waals surface area contributed by atoms with Crippen LogP contribution in [0.15, 0.2) is 34.5 Å². The highest BCUT2D eigenvalue weighted by atomic mass is 35.5. The molecule has 0 aliphatic heterocycles. The summed E-state index contributed by atoms with van der Waals surface area (Å²) in [5, 5.41) is 30.5. The molecule has 0 saturated carbocycles. The van der Waals surface area contributed by atoms with Crippen LogP contribution in [0.3, 0.4) is 0 Å². The number of phenolic OH excluding ortho intramolecular Hbond substituents is 3. The Morgan fingerprint density at radius 2 is 1.50 bits per heavy atom. The zero-order valence-corrected chi connectivity index (χ0v) is 10.5. The van der Waals surface area contributed by atoms with E-state index < -0.39 is 5.75 Å². The lowest BCUT2D eigenvalue weighted by Crippen LogP contribution is -1.82. The zero-order chi connectivity index (χ0) is 13.3. The van der Waals surface area contributed by atoms with Crippen molar-refractivity contribution in [1.29, 1.82) is 0 Å². The Morgan fingerprint density at radius 3 is 2.06 bits per heavy atom. The summed E-state index contributed by atoms with van der Waals surface area (Å²) in [6.45, 7) is 0. The quantitative estimate of drug-likeness (QED) is 0.422. The molecule has 2 aromatic carbocycles. The van der Waals surface area contributed by atoms with E-state index in [0.717, 1.165) is 0 Å². The molecule has 0 aromatic heterocycles. The third kappa shape index (κ3) is 2.12. The Labute approximate surface area is 113 Å². The molecule has 92 valence electrons. The molecular formula is C13H8Cl2O3. The van der Waals surface area contributed by atoms with Crippen molar-refractivity contribution in [2.45, 2.75) is 0 Å². The van der Waals surface area contributed by atoms with Crippen LogP contribution in [0.1, 0.15) is 5.56 Å². The fourth-order valence-electron chi connectivity index (χ4n) is 1.67. The lowest BCUT2D eigenvalue weighted by Gasteiger charge is -2.09. The van der Waals surface area contributed by atoms with Crippen LogP contribution in [0.5, 0.6) is 17.2 Å². The van der Waals surface area contributed by atoms with E-state index in [1.54, 1.807) is 24.3 Å². The Kier molecular flexibility index (Phi) is 3.39. The van der Waals surface area contributed by atoms with Gasteiger partial charge < -0.3 is 15.3 Å². The van der Waals surface area contributed by atoms with Crippen molar-refractivity contribution in [3.63, 3.8) is 0 Å². The second kappa shape index (κ2) is 4.83. The van der Waals surface area contributed by atoms with Gasteiger partial charge in [0.2, 0.25) is 0 Å². The first-order valence-electron chi connectivity index (χ1n) is 4.95. The Bertz CT molecular complexity index is 682. The van der Waals surface area contributed by atoms with Crippen LogP contribution in [0.4, 0.5) is 0 Å². The highest BCUT2D eigenvalue weighted by Gasteiger charge is 2.15. The predicted molar refractivity (Wildman–Crippen MR) is 72.1 cm³/mol. The van der Waals surface area contributed by atoms with Gasteiger partial charge in [-0.2, -0.15) is 0 Å². The molecule has 0 heterocycles. The van der Waals surface area contributed by atoms with Gasteiger partial charge in [0.15, 0.2) is 11.5 Å².